The first-order valence-electron chi connectivity index (χ1n) is 5.82. The van der Waals surface area contributed by atoms with Gasteiger partial charge in [-0.25, -0.2) is 8.42 Å². The summed E-state index contributed by atoms with van der Waals surface area (Å²) in [5, 5.41) is 0.359. The highest BCUT2D eigenvalue weighted by Crippen LogP contribution is 2.26. The van der Waals surface area contributed by atoms with Crippen molar-refractivity contribution in [1.82, 2.24) is 4.31 Å². The van der Waals surface area contributed by atoms with Crippen molar-refractivity contribution in [2.24, 2.45) is 0 Å². The number of anilines is 1. The average molecular weight is 323 g/mol. The van der Waals surface area contributed by atoms with E-state index in [2.05, 4.69) is 0 Å². The molecule has 0 bridgehead atoms. The first kappa shape index (κ1) is 16.6. The summed E-state index contributed by atoms with van der Waals surface area (Å²) in [6.45, 7) is 1.88. The SMILES string of the molecule is CSCCC(C)N(C)S(=O)(=O)c1cc(Cl)ccc1N. The fourth-order valence-corrected chi connectivity index (χ4v) is 3.94. The van der Waals surface area contributed by atoms with Crippen LogP contribution < -0.4 is 5.73 Å². The number of nitrogens with zero attached hydrogens (tertiary/aromatic N) is 1. The molecule has 108 valence electrons. The molecular weight excluding hydrogens is 304 g/mol. The number of nitrogen functional groups attached to an aromatic ring is 1. The van der Waals surface area contributed by atoms with Gasteiger partial charge in [-0.2, -0.15) is 16.1 Å². The maximum Gasteiger partial charge on any atom is 0.245 e. The lowest BCUT2D eigenvalue weighted by Crippen LogP contribution is -2.35. The van der Waals surface area contributed by atoms with Gasteiger partial charge in [0.05, 0.1) is 5.69 Å². The van der Waals surface area contributed by atoms with Gasteiger partial charge in [0.15, 0.2) is 0 Å². The van der Waals surface area contributed by atoms with Crippen LogP contribution in [0.4, 0.5) is 5.69 Å². The molecule has 0 heterocycles. The van der Waals surface area contributed by atoms with Crippen molar-refractivity contribution in [2.45, 2.75) is 24.3 Å². The zero-order valence-corrected chi connectivity index (χ0v) is 13.6. The molecule has 0 spiro atoms. The summed E-state index contributed by atoms with van der Waals surface area (Å²) in [5.74, 6) is 0.909. The fourth-order valence-electron chi connectivity index (χ4n) is 1.59. The Morgan fingerprint density at radius 3 is 2.68 bits per heavy atom. The van der Waals surface area contributed by atoms with Crippen LogP contribution in [-0.4, -0.2) is 37.8 Å². The molecule has 0 aromatic heterocycles. The second-order valence-electron chi connectivity index (χ2n) is 4.33. The van der Waals surface area contributed by atoms with Crippen LogP contribution in [0, 0.1) is 0 Å². The molecule has 2 N–H and O–H groups in total. The van der Waals surface area contributed by atoms with Crippen molar-refractivity contribution < 1.29 is 8.42 Å². The van der Waals surface area contributed by atoms with E-state index in [-0.39, 0.29) is 16.6 Å². The second kappa shape index (κ2) is 6.83. The number of halogens is 1. The van der Waals surface area contributed by atoms with E-state index >= 15 is 0 Å². The summed E-state index contributed by atoms with van der Waals surface area (Å²) in [6, 6.07) is 4.39. The zero-order chi connectivity index (χ0) is 14.6. The summed E-state index contributed by atoms with van der Waals surface area (Å²) in [4.78, 5) is 0.0681. The summed E-state index contributed by atoms with van der Waals surface area (Å²) in [5.41, 5.74) is 5.96. The van der Waals surface area contributed by atoms with Crippen LogP contribution in [0.5, 0.6) is 0 Å². The van der Waals surface area contributed by atoms with E-state index in [0.717, 1.165) is 12.2 Å². The van der Waals surface area contributed by atoms with E-state index in [1.54, 1.807) is 24.9 Å². The molecule has 0 saturated carbocycles. The van der Waals surface area contributed by atoms with Crippen molar-refractivity contribution in [3.8, 4) is 0 Å². The molecule has 1 aromatic rings. The number of nitrogens with two attached hydrogens (primary N) is 1. The summed E-state index contributed by atoms with van der Waals surface area (Å²) in [7, 11) is -2.04. The minimum atomic E-state index is -3.61. The van der Waals surface area contributed by atoms with Crippen molar-refractivity contribution >= 4 is 39.1 Å². The highest BCUT2D eigenvalue weighted by molar-refractivity contribution is 7.98. The lowest BCUT2D eigenvalue weighted by Gasteiger charge is -2.24. The smallest absolute Gasteiger partial charge is 0.245 e. The molecule has 1 rings (SSSR count). The zero-order valence-electron chi connectivity index (χ0n) is 11.3. The van der Waals surface area contributed by atoms with E-state index in [9.17, 15) is 8.42 Å². The molecule has 7 heteroatoms. The van der Waals surface area contributed by atoms with Gasteiger partial charge in [0.1, 0.15) is 4.90 Å². The van der Waals surface area contributed by atoms with Gasteiger partial charge in [-0.15, -0.1) is 0 Å². The molecule has 0 amide bonds. The normalized spacial score (nSPS) is 13.7. The molecule has 0 fully saturated rings. The Hall–Kier alpha value is -0.430. The Bertz CT molecular complexity index is 535. The molecule has 1 aromatic carbocycles. The third-order valence-electron chi connectivity index (χ3n) is 2.99. The van der Waals surface area contributed by atoms with Crippen LogP contribution in [0.1, 0.15) is 13.3 Å². The van der Waals surface area contributed by atoms with E-state index in [1.165, 1.54) is 16.4 Å². The van der Waals surface area contributed by atoms with Crippen molar-refractivity contribution in [3.63, 3.8) is 0 Å². The Balaban J connectivity index is 3.06. The first-order chi connectivity index (χ1) is 8.80. The van der Waals surface area contributed by atoms with E-state index in [0.29, 0.717) is 5.02 Å². The highest BCUT2D eigenvalue weighted by Gasteiger charge is 2.27. The van der Waals surface area contributed by atoms with Gasteiger partial charge < -0.3 is 5.73 Å². The van der Waals surface area contributed by atoms with Crippen LogP contribution in [-0.2, 0) is 10.0 Å². The summed E-state index contributed by atoms with van der Waals surface area (Å²) >= 11 is 7.54. The van der Waals surface area contributed by atoms with Crippen LogP contribution in [0.3, 0.4) is 0 Å². The topological polar surface area (TPSA) is 63.4 Å². The molecule has 0 aliphatic carbocycles. The van der Waals surface area contributed by atoms with E-state index < -0.39 is 10.0 Å². The molecule has 19 heavy (non-hydrogen) atoms. The quantitative estimate of drug-likeness (QED) is 0.818. The molecular formula is C12H19ClN2O2S2. The van der Waals surface area contributed by atoms with Gasteiger partial charge in [0, 0.05) is 18.1 Å². The highest BCUT2D eigenvalue weighted by atomic mass is 35.5. The molecule has 0 aliphatic heterocycles. The van der Waals surface area contributed by atoms with Crippen molar-refractivity contribution in [2.75, 3.05) is 24.8 Å². The number of thioether (sulfide) groups is 1. The van der Waals surface area contributed by atoms with Crippen molar-refractivity contribution in [3.05, 3.63) is 23.2 Å². The Labute approximate surface area is 124 Å². The number of rotatable bonds is 6. The van der Waals surface area contributed by atoms with Crippen LogP contribution >= 0.6 is 23.4 Å². The van der Waals surface area contributed by atoms with Gasteiger partial charge in [-0.3, -0.25) is 0 Å². The monoisotopic (exact) mass is 322 g/mol. The van der Waals surface area contributed by atoms with E-state index in [4.69, 9.17) is 17.3 Å². The van der Waals surface area contributed by atoms with Crippen LogP contribution in [0.15, 0.2) is 23.1 Å². The predicted molar refractivity (Wildman–Crippen MR) is 83.3 cm³/mol. The van der Waals surface area contributed by atoms with Gasteiger partial charge >= 0.3 is 0 Å². The number of hydrogen-bond acceptors (Lipinski definition) is 4. The molecule has 0 aliphatic rings. The van der Waals surface area contributed by atoms with Crippen LogP contribution in [0.2, 0.25) is 5.02 Å². The average Bonchev–Trinajstić information content (AvgIpc) is 2.37. The Kier molecular flexibility index (Phi) is 5.98. The minimum Gasteiger partial charge on any atom is -0.398 e. The third kappa shape index (κ3) is 4.02. The maximum atomic E-state index is 12.5. The minimum absolute atomic E-state index is 0.0681. The summed E-state index contributed by atoms with van der Waals surface area (Å²) in [6.07, 6.45) is 2.79. The lowest BCUT2D eigenvalue weighted by molar-refractivity contribution is 0.382. The fraction of sp³-hybridized carbons (Fsp3) is 0.500. The third-order valence-corrected chi connectivity index (χ3v) is 5.90. The predicted octanol–water partition coefficient (Wildman–Crippen LogP) is 2.68. The summed E-state index contributed by atoms with van der Waals surface area (Å²) < 4.78 is 26.3. The number of hydrogen-bond donors (Lipinski definition) is 1. The number of benzene rings is 1. The van der Waals surface area contributed by atoms with Gasteiger partial charge in [-0.1, -0.05) is 11.6 Å². The molecule has 1 atom stereocenters. The molecule has 0 saturated heterocycles. The first-order valence-corrected chi connectivity index (χ1v) is 9.04. The largest absolute Gasteiger partial charge is 0.398 e. The van der Waals surface area contributed by atoms with Crippen LogP contribution in [0.25, 0.3) is 0 Å². The Morgan fingerprint density at radius 2 is 2.11 bits per heavy atom. The lowest BCUT2D eigenvalue weighted by atomic mass is 10.3. The molecule has 1 unspecified atom stereocenters. The van der Waals surface area contributed by atoms with E-state index in [1.807, 2.05) is 13.2 Å². The molecule has 4 nitrogen and oxygen atoms in total. The maximum absolute atomic E-state index is 12.5. The standard InChI is InChI=1S/C12H19ClN2O2S2/c1-9(6-7-18-3)15(2)19(16,17)12-8-10(13)4-5-11(12)14/h4-5,8-9H,6-7,14H2,1-3H3. The number of sulfonamides is 1. The van der Waals surface area contributed by atoms with Crippen molar-refractivity contribution in [1.29, 1.82) is 0 Å². The van der Waals surface area contributed by atoms with Gasteiger partial charge in [0.2, 0.25) is 10.0 Å². The second-order valence-corrected chi connectivity index (χ2v) is 7.72. The van der Waals surface area contributed by atoms with Gasteiger partial charge in [-0.05, 0) is 43.6 Å². The van der Waals surface area contributed by atoms with Gasteiger partial charge in [0.25, 0.3) is 0 Å². The Morgan fingerprint density at radius 1 is 1.47 bits per heavy atom. The molecule has 0 radical (unpaired) electrons.